The van der Waals surface area contributed by atoms with Crippen molar-refractivity contribution in [3.05, 3.63) is 51.7 Å². The van der Waals surface area contributed by atoms with Crippen LogP contribution in [0, 0.1) is 0 Å². The molecule has 1 aliphatic heterocycles. The van der Waals surface area contributed by atoms with Crippen LogP contribution >= 0.6 is 22.7 Å². The minimum atomic E-state index is 0.0645. The normalized spacial score (nSPS) is 16.5. The molecule has 3 aromatic rings. The van der Waals surface area contributed by atoms with Crippen molar-refractivity contribution in [1.82, 2.24) is 15.2 Å². The molecule has 2 aromatic heterocycles. The van der Waals surface area contributed by atoms with Crippen LogP contribution < -0.4 is 5.32 Å². The summed E-state index contributed by atoms with van der Waals surface area (Å²) in [6.07, 6.45) is 2.00. The molecule has 1 aliphatic rings. The Morgan fingerprint density at radius 3 is 2.79 bits per heavy atom. The first-order chi connectivity index (χ1) is 11.8. The van der Waals surface area contributed by atoms with Gasteiger partial charge >= 0.3 is 0 Å². The maximum absolute atomic E-state index is 12.1. The van der Waals surface area contributed by atoms with Crippen molar-refractivity contribution < 1.29 is 4.79 Å². The summed E-state index contributed by atoms with van der Waals surface area (Å²) < 4.78 is 1.26. The van der Waals surface area contributed by atoms with E-state index in [0.717, 1.165) is 42.9 Å². The molecule has 1 saturated heterocycles. The number of carbonyl (C=O) groups excluding carboxylic acids is 1. The fraction of sp³-hybridized carbons (Fsp3) is 0.333. The van der Waals surface area contributed by atoms with Crippen LogP contribution in [0.3, 0.4) is 0 Å². The molecule has 1 fully saturated rings. The number of thiazole rings is 1. The van der Waals surface area contributed by atoms with E-state index < -0.39 is 0 Å². The van der Waals surface area contributed by atoms with Crippen molar-refractivity contribution >= 4 is 38.8 Å². The Balaban J connectivity index is 1.30. The number of hydrogen-bond donors (Lipinski definition) is 1. The van der Waals surface area contributed by atoms with Crippen molar-refractivity contribution in [3.63, 3.8) is 0 Å². The Kier molecular flexibility index (Phi) is 4.60. The van der Waals surface area contributed by atoms with E-state index in [2.05, 4.69) is 28.4 Å². The van der Waals surface area contributed by atoms with Crippen molar-refractivity contribution in [2.45, 2.75) is 25.4 Å². The van der Waals surface area contributed by atoms with E-state index in [1.807, 2.05) is 23.6 Å². The van der Waals surface area contributed by atoms with Gasteiger partial charge in [-0.25, -0.2) is 4.98 Å². The van der Waals surface area contributed by atoms with Crippen LogP contribution in [-0.2, 0) is 6.54 Å². The third-order valence-corrected chi connectivity index (χ3v) is 6.25. The van der Waals surface area contributed by atoms with E-state index >= 15 is 0 Å². The van der Waals surface area contributed by atoms with E-state index in [0.29, 0.717) is 0 Å². The molecule has 0 spiro atoms. The topological polar surface area (TPSA) is 45.2 Å². The zero-order valence-corrected chi connectivity index (χ0v) is 14.9. The first-order valence-electron chi connectivity index (χ1n) is 8.19. The number of benzene rings is 1. The molecule has 0 atom stereocenters. The minimum Gasteiger partial charge on any atom is -0.349 e. The highest BCUT2D eigenvalue weighted by molar-refractivity contribution is 7.18. The predicted molar refractivity (Wildman–Crippen MR) is 99.7 cm³/mol. The zero-order chi connectivity index (χ0) is 16.4. The van der Waals surface area contributed by atoms with Gasteiger partial charge in [0.15, 0.2) is 0 Å². The molecule has 24 heavy (non-hydrogen) atoms. The first-order valence-corrected chi connectivity index (χ1v) is 9.89. The number of nitrogens with zero attached hydrogens (tertiary/aromatic N) is 2. The molecule has 0 aliphatic carbocycles. The van der Waals surface area contributed by atoms with E-state index in [1.165, 1.54) is 21.0 Å². The zero-order valence-electron chi connectivity index (χ0n) is 13.3. The quantitative estimate of drug-likeness (QED) is 0.773. The number of amides is 1. The molecule has 0 unspecified atom stereocenters. The molecule has 0 bridgehead atoms. The number of carbonyl (C=O) groups is 1. The van der Waals surface area contributed by atoms with Gasteiger partial charge in [0.2, 0.25) is 0 Å². The number of piperidine rings is 1. The lowest BCUT2D eigenvalue weighted by Gasteiger charge is -2.31. The molecular weight excluding hydrogens is 338 g/mol. The van der Waals surface area contributed by atoms with Gasteiger partial charge in [0.1, 0.15) is 5.01 Å². The molecule has 3 heterocycles. The molecule has 1 amide bonds. The first kappa shape index (κ1) is 15.7. The fourth-order valence-electron chi connectivity index (χ4n) is 3.08. The van der Waals surface area contributed by atoms with Gasteiger partial charge in [0.25, 0.3) is 5.91 Å². The molecule has 4 rings (SSSR count). The molecule has 1 N–H and O–H groups in total. The number of hydrogen-bond acceptors (Lipinski definition) is 5. The molecule has 0 radical (unpaired) electrons. The molecule has 0 saturated carbocycles. The molecule has 1 aromatic carbocycles. The maximum Gasteiger partial charge on any atom is 0.261 e. The van der Waals surface area contributed by atoms with Crippen LogP contribution in [0.25, 0.3) is 10.2 Å². The van der Waals surface area contributed by atoms with Crippen LogP contribution in [-0.4, -0.2) is 34.9 Å². The third kappa shape index (κ3) is 3.50. The van der Waals surface area contributed by atoms with Crippen LogP contribution in [0.4, 0.5) is 0 Å². The highest BCUT2D eigenvalue weighted by atomic mass is 32.1. The lowest BCUT2D eigenvalue weighted by atomic mass is 10.1. The Hall–Kier alpha value is -1.76. The molecular formula is C18H19N3OS2. The number of rotatable bonds is 4. The number of nitrogens with one attached hydrogen (secondary N) is 1. The van der Waals surface area contributed by atoms with Gasteiger partial charge in [-0.05, 0) is 36.4 Å². The van der Waals surface area contributed by atoms with Crippen molar-refractivity contribution in [1.29, 1.82) is 0 Å². The maximum atomic E-state index is 12.1. The Morgan fingerprint density at radius 2 is 2.04 bits per heavy atom. The second-order valence-electron chi connectivity index (χ2n) is 6.08. The number of para-hydroxylation sites is 1. The highest BCUT2D eigenvalue weighted by Gasteiger charge is 2.22. The third-order valence-electron chi connectivity index (χ3n) is 4.36. The van der Waals surface area contributed by atoms with E-state index in [-0.39, 0.29) is 11.9 Å². The smallest absolute Gasteiger partial charge is 0.261 e. The van der Waals surface area contributed by atoms with Crippen LogP contribution in [0.2, 0.25) is 0 Å². The van der Waals surface area contributed by atoms with Gasteiger partial charge < -0.3 is 5.32 Å². The summed E-state index contributed by atoms with van der Waals surface area (Å²) in [5.41, 5.74) is 1.09. The number of thiophene rings is 1. The van der Waals surface area contributed by atoms with Gasteiger partial charge in [-0.3, -0.25) is 9.69 Å². The van der Waals surface area contributed by atoms with Gasteiger partial charge in [-0.15, -0.1) is 22.7 Å². The van der Waals surface area contributed by atoms with Gasteiger partial charge in [0.05, 0.1) is 21.6 Å². The summed E-state index contributed by atoms with van der Waals surface area (Å²) in [4.78, 5) is 20.1. The minimum absolute atomic E-state index is 0.0645. The van der Waals surface area contributed by atoms with Crippen molar-refractivity contribution in [2.75, 3.05) is 13.1 Å². The average molecular weight is 358 g/mol. The second kappa shape index (κ2) is 7.01. The number of fused-ring (bicyclic) bond motifs is 1. The second-order valence-corrected chi connectivity index (χ2v) is 8.14. The largest absolute Gasteiger partial charge is 0.349 e. The molecule has 4 nitrogen and oxygen atoms in total. The van der Waals surface area contributed by atoms with Gasteiger partial charge in [-0.2, -0.15) is 0 Å². The van der Waals surface area contributed by atoms with Crippen molar-refractivity contribution in [2.24, 2.45) is 0 Å². The fourth-order valence-corrected chi connectivity index (χ4v) is 4.72. The number of likely N-dealkylation sites (tertiary alicyclic amines) is 1. The standard InChI is InChI=1S/C18H19N3OS2/c22-18(16-6-3-11-23-16)19-13-7-9-21(10-8-13)12-17-20-14-4-1-2-5-15(14)24-17/h1-6,11,13H,7-10,12H2,(H,19,22). The van der Waals surface area contributed by atoms with Gasteiger partial charge in [0, 0.05) is 19.1 Å². The summed E-state index contributed by atoms with van der Waals surface area (Å²) in [6, 6.07) is 12.4. The Morgan fingerprint density at radius 1 is 1.21 bits per heavy atom. The SMILES string of the molecule is O=C(NC1CCN(Cc2nc3ccccc3s2)CC1)c1cccs1. The summed E-state index contributed by atoms with van der Waals surface area (Å²) in [6.45, 7) is 2.92. The van der Waals surface area contributed by atoms with Crippen LogP contribution in [0.5, 0.6) is 0 Å². The lowest BCUT2D eigenvalue weighted by Crippen LogP contribution is -2.44. The highest BCUT2D eigenvalue weighted by Crippen LogP contribution is 2.24. The summed E-state index contributed by atoms with van der Waals surface area (Å²) in [5.74, 6) is 0.0645. The predicted octanol–water partition coefficient (Wildman–Crippen LogP) is 3.75. The van der Waals surface area contributed by atoms with E-state index in [1.54, 1.807) is 11.3 Å². The lowest BCUT2D eigenvalue weighted by molar-refractivity contribution is 0.0913. The van der Waals surface area contributed by atoms with Crippen LogP contribution in [0.1, 0.15) is 27.5 Å². The Labute approximate surface area is 149 Å². The molecule has 124 valence electrons. The van der Waals surface area contributed by atoms with E-state index in [9.17, 15) is 4.79 Å². The van der Waals surface area contributed by atoms with E-state index in [4.69, 9.17) is 4.98 Å². The summed E-state index contributed by atoms with van der Waals surface area (Å²) >= 11 is 3.27. The Bertz CT molecular complexity index is 787. The average Bonchev–Trinajstić information content (AvgIpc) is 3.25. The molecule has 6 heteroatoms. The van der Waals surface area contributed by atoms with Crippen LogP contribution in [0.15, 0.2) is 41.8 Å². The monoisotopic (exact) mass is 357 g/mol. The number of aromatic nitrogens is 1. The summed E-state index contributed by atoms with van der Waals surface area (Å²) in [7, 11) is 0. The van der Waals surface area contributed by atoms with Gasteiger partial charge in [-0.1, -0.05) is 18.2 Å². The summed E-state index contributed by atoms with van der Waals surface area (Å²) in [5, 5.41) is 6.28. The van der Waals surface area contributed by atoms with Crippen molar-refractivity contribution in [3.8, 4) is 0 Å².